The number of halogens is 2. The third kappa shape index (κ3) is 2.79. The van der Waals surface area contributed by atoms with Gasteiger partial charge in [0.1, 0.15) is 0 Å². The van der Waals surface area contributed by atoms with Gasteiger partial charge in [0.05, 0.1) is 0 Å². The Hall–Kier alpha value is -0.381. The van der Waals surface area contributed by atoms with Gasteiger partial charge in [-0.2, -0.15) is 0 Å². The van der Waals surface area contributed by atoms with Gasteiger partial charge in [0.25, 0.3) is 0 Å². The van der Waals surface area contributed by atoms with Gasteiger partial charge in [-0.25, -0.2) is 0 Å². The van der Waals surface area contributed by atoms with Crippen LogP contribution in [0.5, 0.6) is 0 Å². The van der Waals surface area contributed by atoms with E-state index in [1.165, 1.54) is 11.4 Å². The van der Waals surface area contributed by atoms with Crippen molar-refractivity contribution in [2.24, 2.45) is 0 Å². The summed E-state index contributed by atoms with van der Waals surface area (Å²) in [6.07, 6.45) is 0.466. The zero-order valence-electron chi connectivity index (χ0n) is 9.99. The Labute approximate surface area is 121 Å². The van der Waals surface area contributed by atoms with Gasteiger partial charge in [-0.05, 0) is 0 Å². The first-order valence-electron chi connectivity index (χ1n) is 5.64. The minimum absolute atomic E-state index is 0.0344. The molecule has 2 rings (SSSR count). The molecule has 98 valence electrons. The third-order valence-electron chi connectivity index (χ3n) is 3.03. The number of alkyl halides is 2. The van der Waals surface area contributed by atoms with Crippen LogP contribution in [0.25, 0.3) is 0 Å². The van der Waals surface area contributed by atoms with Gasteiger partial charge in [-0.1, -0.05) is 0 Å². The number of benzene rings is 1. The molecule has 0 radical (unpaired) electrons. The van der Waals surface area contributed by atoms with Gasteiger partial charge in [-0.15, -0.1) is 0 Å². The Kier molecular flexibility index (Phi) is 4.15. The van der Waals surface area contributed by atoms with Gasteiger partial charge in [0, 0.05) is 0 Å². The fourth-order valence-corrected chi connectivity index (χ4v) is 5.95. The summed E-state index contributed by atoms with van der Waals surface area (Å²) in [6, 6.07) is 9.93. The van der Waals surface area contributed by atoms with Crippen LogP contribution < -0.4 is 4.46 Å². The summed E-state index contributed by atoms with van der Waals surface area (Å²) in [5.41, 5.74) is -1.36. The molecule has 0 saturated heterocycles. The molecule has 0 heterocycles. The first-order chi connectivity index (χ1) is 8.51. The van der Waals surface area contributed by atoms with E-state index in [0.717, 1.165) is 0 Å². The van der Waals surface area contributed by atoms with Gasteiger partial charge in [0.2, 0.25) is 0 Å². The molecule has 1 aliphatic carbocycles. The van der Waals surface area contributed by atoms with Crippen molar-refractivity contribution in [3.8, 4) is 0 Å². The summed E-state index contributed by atoms with van der Waals surface area (Å²) in [7, 11) is 0. The Bertz CT molecular complexity index is 442. The van der Waals surface area contributed by atoms with Gasteiger partial charge >= 0.3 is 121 Å². The average molecular weight is 380 g/mol. The molecule has 18 heavy (non-hydrogen) atoms. The van der Waals surface area contributed by atoms with Crippen LogP contribution in [-0.2, 0) is 9.53 Å². The van der Waals surface area contributed by atoms with Crippen molar-refractivity contribution in [1.29, 1.82) is 0 Å². The molecule has 2 unspecified atom stereocenters. The SMILES string of the molecule is CC(=O)OCC1(F)CC1(CBr)[Se]c1ccccc1. The number of carbonyl (C=O) groups excluding carboxylic acids is 1. The molecule has 0 N–H and O–H groups in total. The molecule has 2 nitrogen and oxygen atoms in total. The predicted octanol–water partition coefficient (Wildman–Crippen LogP) is 2.24. The van der Waals surface area contributed by atoms with Crippen LogP contribution >= 0.6 is 15.9 Å². The van der Waals surface area contributed by atoms with Crippen LogP contribution in [0.3, 0.4) is 0 Å². The standard InChI is InChI=1S/C13H14BrFO2Se/c1-10(16)17-9-12(15)7-13(12,8-14)18-11-5-3-2-4-6-11/h2-6H,7-9H2,1H3. The fourth-order valence-electron chi connectivity index (χ4n) is 1.84. The molecular weight excluding hydrogens is 366 g/mol. The van der Waals surface area contributed by atoms with Crippen LogP contribution in [-0.4, -0.2) is 38.5 Å². The molecule has 1 aliphatic rings. The van der Waals surface area contributed by atoms with Crippen LogP contribution in [0, 0.1) is 0 Å². The Morgan fingerprint density at radius 3 is 2.72 bits per heavy atom. The van der Waals surface area contributed by atoms with E-state index in [2.05, 4.69) is 15.9 Å². The maximum atomic E-state index is 14.6. The van der Waals surface area contributed by atoms with Gasteiger partial charge in [0.15, 0.2) is 0 Å². The van der Waals surface area contributed by atoms with E-state index in [9.17, 15) is 9.18 Å². The monoisotopic (exact) mass is 380 g/mol. The van der Waals surface area contributed by atoms with Crippen LogP contribution in [0.4, 0.5) is 4.39 Å². The number of hydrogen-bond donors (Lipinski definition) is 0. The number of rotatable bonds is 5. The van der Waals surface area contributed by atoms with Crippen molar-refractivity contribution in [1.82, 2.24) is 0 Å². The Morgan fingerprint density at radius 2 is 2.17 bits per heavy atom. The molecular formula is C13H14BrFO2Se. The summed E-state index contributed by atoms with van der Waals surface area (Å²) < 4.78 is 20.2. The van der Waals surface area contributed by atoms with Crippen molar-refractivity contribution in [2.45, 2.75) is 23.3 Å². The van der Waals surface area contributed by atoms with Crippen molar-refractivity contribution in [3.05, 3.63) is 30.3 Å². The third-order valence-corrected chi connectivity index (χ3v) is 8.08. The summed E-state index contributed by atoms with van der Waals surface area (Å²) >= 11 is 3.44. The number of ether oxygens (including phenoxy) is 1. The quantitative estimate of drug-likeness (QED) is 0.445. The van der Waals surface area contributed by atoms with Crippen molar-refractivity contribution < 1.29 is 13.9 Å². The first kappa shape index (κ1) is 14.0. The average Bonchev–Trinajstić information content (AvgIpc) is 2.94. The second-order valence-electron chi connectivity index (χ2n) is 4.47. The summed E-state index contributed by atoms with van der Waals surface area (Å²) in [5.74, 6) is -0.422. The molecule has 5 heteroatoms. The molecule has 0 spiro atoms. The molecule has 1 aromatic rings. The normalized spacial score (nSPS) is 29.9. The first-order valence-corrected chi connectivity index (χ1v) is 8.47. The number of carbonyl (C=O) groups is 1. The van der Waals surface area contributed by atoms with E-state index in [1.54, 1.807) is 0 Å². The second-order valence-corrected chi connectivity index (χ2v) is 8.08. The molecule has 0 aliphatic heterocycles. The second kappa shape index (κ2) is 5.32. The van der Waals surface area contributed by atoms with E-state index in [1.807, 2.05) is 30.3 Å². The number of hydrogen-bond acceptors (Lipinski definition) is 2. The molecule has 0 amide bonds. The topological polar surface area (TPSA) is 26.3 Å². The van der Waals surface area contributed by atoms with Crippen molar-refractivity contribution in [3.63, 3.8) is 0 Å². The van der Waals surface area contributed by atoms with Gasteiger partial charge in [-0.3, -0.25) is 0 Å². The zero-order valence-corrected chi connectivity index (χ0v) is 13.3. The Morgan fingerprint density at radius 1 is 1.50 bits per heavy atom. The molecule has 0 aromatic heterocycles. The molecule has 0 bridgehead atoms. The van der Waals surface area contributed by atoms with E-state index in [0.29, 0.717) is 11.8 Å². The summed E-state index contributed by atoms with van der Waals surface area (Å²) in [4.78, 5) is 10.8. The fraction of sp³-hybridized carbons (Fsp3) is 0.462. The predicted molar refractivity (Wildman–Crippen MR) is 73.4 cm³/mol. The molecule has 1 saturated carbocycles. The summed E-state index contributed by atoms with van der Waals surface area (Å²) in [5, 5.41) is 0.604. The summed E-state index contributed by atoms with van der Waals surface area (Å²) in [6.45, 7) is 1.19. The minimum atomic E-state index is -1.36. The van der Waals surface area contributed by atoms with E-state index in [-0.39, 0.29) is 25.9 Å². The van der Waals surface area contributed by atoms with E-state index in [4.69, 9.17) is 4.74 Å². The van der Waals surface area contributed by atoms with Crippen molar-refractivity contribution >= 4 is 41.3 Å². The van der Waals surface area contributed by atoms with Gasteiger partial charge < -0.3 is 0 Å². The van der Waals surface area contributed by atoms with Crippen LogP contribution in [0.1, 0.15) is 13.3 Å². The Balaban J connectivity index is 2.04. The zero-order chi connectivity index (χ0) is 13.2. The van der Waals surface area contributed by atoms with E-state index < -0.39 is 11.6 Å². The van der Waals surface area contributed by atoms with E-state index >= 15 is 0 Å². The van der Waals surface area contributed by atoms with Crippen molar-refractivity contribution in [2.75, 3.05) is 11.9 Å². The molecule has 1 fully saturated rings. The maximum absolute atomic E-state index is 14.6. The molecule has 1 aromatic carbocycles. The van der Waals surface area contributed by atoms with Crippen LogP contribution in [0.15, 0.2) is 30.3 Å². The molecule has 2 atom stereocenters. The number of esters is 1. The van der Waals surface area contributed by atoms with Crippen LogP contribution in [0.2, 0.25) is 4.31 Å².